The lowest BCUT2D eigenvalue weighted by Crippen LogP contribution is -2.20. The Bertz CT molecular complexity index is 560. The van der Waals surface area contributed by atoms with Gasteiger partial charge in [0.15, 0.2) is 0 Å². The van der Waals surface area contributed by atoms with Crippen LogP contribution in [0.3, 0.4) is 0 Å². The molecule has 0 saturated carbocycles. The predicted molar refractivity (Wildman–Crippen MR) is 145 cm³/mol. The smallest absolute Gasteiger partial charge is 0.0566 e. The van der Waals surface area contributed by atoms with Crippen LogP contribution in [0.5, 0.6) is 0 Å². The molecule has 1 aromatic rings. The van der Waals surface area contributed by atoms with Crippen molar-refractivity contribution in [3.05, 3.63) is 23.5 Å². The van der Waals surface area contributed by atoms with Gasteiger partial charge in [-0.05, 0) is 62.4 Å². The first-order chi connectivity index (χ1) is 14.5. The highest BCUT2D eigenvalue weighted by Gasteiger charge is 2.10. The molecule has 0 fully saturated rings. The summed E-state index contributed by atoms with van der Waals surface area (Å²) >= 11 is 4.11. The standard InChI is InChI=1S/C25H48N4S2/c1-24(2,3)30-15-11-9-13-26-19-21-17-23(29(7)8)18-22(28-21)20-27-14-10-12-16-31-25(4,5)6/h17-18,26-27H,9-16,19-20H2,1-8H3. The minimum absolute atomic E-state index is 0.375. The van der Waals surface area contributed by atoms with Gasteiger partial charge in [-0.3, -0.25) is 4.98 Å². The molecule has 0 aliphatic rings. The van der Waals surface area contributed by atoms with Crippen molar-refractivity contribution in [3.8, 4) is 0 Å². The highest BCUT2D eigenvalue weighted by Crippen LogP contribution is 2.24. The number of rotatable bonds is 15. The van der Waals surface area contributed by atoms with Gasteiger partial charge in [0, 0.05) is 42.4 Å². The third kappa shape index (κ3) is 15.9. The van der Waals surface area contributed by atoms with Crippen molar-refractivity contribution in [1.82, 2.24) is 15.6 Å². The lowest BCUT2D eigenvalue weighted by Gasteiger charge is -2.17. The molecule has 0 aliphatic heterocycles. The van der Waals surface area contributed by atoms with E-state index in [0.29, 0.717) is 9.49 Å². The van der Waals surface area contributed by atoms with Crippen LogP contribution >= 0.6 is 23.5 Å². The second-order valence-electron chi connectivity index (χ2n) is 10.4. The number of unbranched alkanes of at least 4 members (excludes halogenated alkanes) is 2. The summed E-state index contributed by atoms with van der Waals surface area (Å²) in [5.74, 6) is 2.48. The number of pyridine rings is 1. The zero-order valence-corrected chi connectivity index (χ0v) is 23.1. The zero-order valence-electron chi connectivity index (χ0n) is 21.4. The number of thioether (sulfide) groups is 2. The minimum Gasteiger partial charge on any atom is -0.378 e. The van der Waals surface area contributed by atoms with Crippen LogP contribution in [0.2, 0.25) is 0 Å². The fourth-order valence-electron chi connectivity index (χ4n) is 2.97. The summed E-state index contributed by atoms with van der Waals surface area (Å²) in [6.07, 6.45) is 4.98. The van der Waals surface area contributed by atoms with Crippen molar-refractivity contribution in [1.29, 1.82) is 0 Å². The summed E-state index contributed by atoms with van der Waals surface area (Å²) in [4.78, 5) is 7.06. The van der Waals surface area contributed by atoms with E-state index in [4.69, 9.17) is 4.98 Å². The fraction of sp³-hybridized carbons (Fsp3) is 0.800. The summed E-state index contributed by atoms with van der Waals surface area (Å²) in [6.45, 7) is 17.5. The highest BCUT2D eigenvalue weighted by molar-refractivity contribution is 8.00. The van der Waals surface area contributed by atoms with Crippen LogP contribution in [0.1, 0.15) is 78.6 Å². The quantitative estimate of drug-likeness (QED) is 0.310. The predicted octanol–water partition coefficient (Wildman–Crippen LogP) is 5.95. The van der Waals surface area contributed by atoms with Crippen molar-refractivity contribution in [3.63, 3.8) is 0 Å². The number of hydrogen-bond acceptors (Lipinski definition) is 6. The van der Waals surface area contributed by atoms with E-state index in [9.17, 15) is 0 Å². The highest BCUT2D eigenvalue weighted by atomic mass is 32.2. The van der Waals surface area contributed by atoms with E-state index in [-0.39, 0.29) is 0 Å². The number of nitrogens with zero attached hydrogens (tertiary/aromatic N) is 2. The van der Waals surface area contributed by atoms with Crippen LogP contribution < -0.4 is 15.5 Å². The molecule has 1 rings (SSSR count). The molecular formula is C25H48N4S2. The first-order valence-electron chi connectivity index (χ1n) is 11.8. The lowest BCUT2D eigenvalue weighted by molar-refractivity contribution is 0.618. The van der Waals surface area contributed by atoms with Gasteiger partial charge in [0.1, 0.15) is 0 Å². The Labute approximate surface area is 201 Å². The number of aromatic nitrogens is 1. The molecular weight excluding hydrogens is 420 g/mol. The van der Waals surface area contributed by atoms with Gasteiger partial charge in [-0.1, -0.05) is 41.5 Å². The van der Waals surface area contributed by atoms with Crippen molar-refractivity contribution in [2.75, 3.05) is 43.6 Å². The van der Waals surface area contributed by atoms with Crippen LogP contribution in [-0.4, -0.2) is 53.2 Å². The molecule has 0 amide bonds. The van der Waals surface area contributed by atoms with Crippen LogP contribution in [0.4, 0.5) is 5.69 Å². The average Bonchev–Trinajstić information content (AvgIpc) is 2.64. The molecule has 31 heavy (non-hydrogen) atoms. The van der Waals surface area contributed by atoms with Crippen LogP contribution in [0, 0.1) is 0 Å². The van der Waals surface area contributed by atoms with Gasteiger partial charge < -0.3 is 15.5 Å². The molecule has 2 N–H and O–H groups in total. The van der Waals surface area contributed by atoms with Gasteiger partial charge in [-0.2, -0.15) is 23.5 Å². The topological polar surface area (TPSA) is 40.2 Å². The molecule has 0 saturated heterocycles. The van der Waals surface area contributed by atoms with Crippen LogP contribution in [0.15, 0.2) is 12.1 Å². The Kier molecular flexibility index (Phi) is 13.5. The van der Waals surface area contributed by atoms with E-state index >= 15 is 0 Å². The van der Waals surface area contributed by atoms with Crippen molar-refractivity contribution in [2.45, 2.75) is 89.8 Å². The van der Waals surface area contributed by atoms with E-state index in [1.54, 1.807) is 0 Å². The maximum absolute atomic E-state index is 4.89. The molecule has 0 atom stereocenters. The van der Waals surface area contributed by atoms with Gasteiger partial charge in [0.2, 0.25) is 0 Å². The summed E-state index contributed by atoms with van der Waals surface area (Å²) in [5.41, 5.74) is 3.49. The number of hydrogen-bond donors (Lipinski definition) is 2. The largest absolute Gasteiger partial charge is 0.378 e. The Morgan fingerprint density at radius 2 is 1.16 bits per heavy atom. The van der Waals surface area contributed by atoms with E-state index in [2.05, 4.69) is 107 Å². The molecule has 0 radical (unpaired) electrons. The molecule has 0 bridgehead atoms. The van der Waals surface area contributed by atoms with E-state index in [0.717, 1.165) is 37.6 Å². The number of nitrogens with one attached hydrogen (secondary N) is 2. The third-order valence-electron chi connectivity index (χ3n) is 4.61. The minimum atomic E-state index is 0.375. The van der Waals surface area contributed by atoms with E-state index in [1.807, 2.05) is 0 Å². The molecule has 6 heteroatoms. The van der Waals surface area contributed by atoms with Gasteiger partial charge in [0.25, 0.3) is 0 Å². The van der Waals surface area contributed by atoms with Crippen molar-refractivity contribution < 1.29 is 0 Å². The molecule has 4 nitrogen and oxygen atoms in total. The lowest BCUT2D eigenvalue weighted by atomic mass is 10.2. The van der Waals surface area contributed by atoms with Crippen LogP contribution in [-0.2, 0) is 13.1 Å². The summed E-state index contributed by atoms with van der Waals surface area (Å²) in [6, 6.07) is 4.41. The second kappa shape index (κ2) is 14.7. The zero-order chi connectivity index (χ0) is 23.3. The van der Waals surface area contributed by atoms with Gasteiger partial charge in [-0.25, -0.2) is 0 Å². The average molecular weight is 469 g/mol. The second-order valence-corrected chi connectivity index (χ2v) is 14.2. The number of anilines is 1. The summed E-state index contributed by atoms with van der Waals surface area (Å²) in [5, 5.41) is 7.16. The Hall–Kier alpha value is -0.430. The molecule has 180 valence electrons. The van der Waals surface area contributed by atoms with E-state index in [1.165, 1.54) is 42.9 Å². The molecule has 1 aromatic heterocycles. The molecule has 0 unspecified atom stereocenters. The van der Waals surface area contributed by atoms with Gasteiger partial charge in [-0.15, -0.1) is 0 Å². The normalized spacial score (nSPS) is 12.4. The summed E-state index contributed by atoms with van der Waals surface area (Å²) < 4.78 is 0.750. The monoisotopic (exact) mass is 468 g/mol. The van der Waals surface area contributed by atoms with Crippen molar-refractivity contribution in [2.24, 2.45) is 0 Å². The SMILES string of the molecule is CN(C)c1cc(CNCCCCSC(C)(C)C)nc(CNCCCCSC(C)(C)C)c1. The summed E-state index contributed by atoms with van der Waals surface area (Å²) in [7, 11) is 4.20. The van der Waals surface area contributed by atoms with E-state index < -0.39 is 0 Å². The maximum atomic E-state index is 4.89. The van der Waals surface area contributed by atoms with Crippen LogP contribution in [0.25, 0.3) is 0 Å². The Morgan fingerprint density at radius 1 is 0.742 bits per heavy atom. The Balaban J connectivity index is 2.35. The molecule has 1 heterocycles. The van der Waals surface area contributed by atoms with Gasteiger partial charge in [0.05, 0.1) is 11.4 Å². The first-order valence-corrected chi connectivity index (χ1v) is 13.8. The Morgan fingerprint density at radius 3 is 1.52 bits per heavy atom. The maximum Gasteiger partial charge on any atom is 0.0566 e. The van der Waals surface area contributed by atoms with Crippen molar-refractivity contribution >= 4 is 29.2 Å². The molecule has 0 aliphatic carbocycles. The fourth-order valence-corrected chi connectivity index (χ4v) is 4.89. The third-order valence-corrected chi connectivity index (χ3v) is 7.33. The molecule has 0 spiro atoms. The first kappa shape index (κ1) is 28.6. The van der Waals surface area contributed by atoms with Gasteiger partial charge >= 0.3 is 0 Å². The molecule has 0 aromatic carbocycles.